The highest BCUT2D eigenvalue weighted by atomic mass is 32.2. The van der Waals surface area contributed by atoms with Gasteiger partial charge >= 0.3 is 5.97 Å². The number of nitrogens with zero attached hydrogens (tertiary/aromatic N) is 1. The Labute approximate surface area is 168 Å². The van der Waals surface area contributed by atoms with E-state index in [9.17, 15) is 13.2 Å². The smallest absolute Gasteiger partial charge is 0.340 e. The summed E-state index contributed by atoms with van der Waals surface area (Å²) in [6.07, 6.45) is 0. The van der Waals surface area contributed by atoms with E-state index in [0.717, 1.165) is 0 Å². The summed E-state index contributed by atoms with van der Waals surface area (Å²) in [4.78, 5) is 12.5. The Morgan fingerprint density at radius 1 is 1.14 bits per heavy atom. The maximum atomic E-state index is 12.7. The van der Waals surface area contributed by atoms with Crippen molar-refractivity contribution >= 4 is 21.7 Å². The number of rotatable bonds is 8. The number of sulfonamides is 1. The zero-order chi connectivity index (χ0) is 20.9. The Balaban J connectivity index is 1.76. The Morgan fingerprint density at radius 2 is 1.86 bits per heavy atom. The molecule has 8 nitrogen and oxygen atoms in total. The van der Waals surface area contributed by atoms with E-state index in [1.165, 1.54) is 24.3 Å². The van der Waals surface area contributed by atoms with Crippen molar-refractivity contribution in [3.63, 3.8) is 0 Å². The van der Waals surface area contributed by atoms with Gasteiger partial charge in [-0.3, -0.25) is 4.72 Å². The number of carbonyl (C=O) groups excluding carboxylic acids is 1. The molecule has 1 N–H and O–H groups in total. The van der Waals surface area contributed by atoms with Gasteiger partial charge < -0.3 is 14.0 Å². The highest BCUT2D eigenvalue weighted by Crippen LogP contribution is 2.23. The third-order valence-electron chi connectivity index (χ3n) is 3.86. The van der Waals surface area contributed by atoms with Crippen molar-refractivity contribution in [1.82, 2.24) is 5.16 Å². The second-order valence-corrected chi connectivity index (χ2v) is 7.75. The van der Waals surface area contributed by atoms with Crippen LogP contribution in [0, 0.1) is 6.92 Å². The molecule has 0 aliphatic heterocycles. The van der Waals surface area contributed by atoms with Gasteiger partial charge in [-0.15, -0.1) is 0 Å². The zero-order valence-corrected chi connectivity index (χ0v) is 16.7. The summed E-state index contributed by atoms with van der Waals surface area (Å²) in [5.74, 6) is 0.269. The van der Waals surface area contributed by atoms with Gasteiger partial charge in [-0.25, -0.2) is 13.2 Å². The van der Waals surface area contributed by atoms with Crippen molar-refractivity contribution in [1.29, 1.82) is 0 Å². The molecule has 2 aromatic carbocycles. The number of nitrogens with one attached hydrogen (secondary N) is 1. The van der Waals surface area contributed by atoms with Gasteiger partial charge in [-0.05, 0) is 50.2 Å². The average molecular weight is 416 g/mol. The zero-order valence-electron chi connectivity index (χ0n) is 15.9. The Morgan fingerprint density at radius 3 is 2.52 bits per heavy atom. The van der Waals surface area contributed by atoms with Crippen LogP contribution >= 0.6 is 0 Å². The molecule has 3 rings (SSSR count). The van der Waals surface area contributed by atoms with Gasteiger partial charge in [-0.1, -0.05) is 17.3 Å². The number of aromatic nitrogens is 1. The first-order valence-corrected chi connectivity index (χ1v) is 10.3. The number of carbonyl (C=O) groups is 1. The van der Waals surface area contributed by atoms with Crippen LogP contribution < -0.4 is 9.46 Å². The fraction of sp³-hybridized carbons (Fsp3) is 0.200. The number of hydrogen-bond donors (Lipinski definition) is 1. The normalized spacial score (nSPS) is 11.1. The molecule has 0 unspecified atom stereocenters. The van der Waals surface area contributed by atoms with E-state index in [2.05, 4.69) is 9.88 Å². The van der Waals surface area contributed by atoms with E-state index in [-0.39, 0.29) is 22.8 Å². The van der Waals surface area contributed by atoms with Crippen LogP contribution in [-0.4, -0.2) is 26.2 Å². The molecule has 0 fully saturated rings. The summed E-state index contributed by atoms with van der Waals surface area (Å²) in [5, 5.41) is 3.72. The molecule has 152 valence electrons. The molecule has 1 aromatic heterocycles. The second kappa shape index (κ2) is 8.78. The number of aryl methyl sites for hydroxylation is 1. The van der Waals surface area contributed by atoms with Crippen LogP contribution in [0.3, 0.4) is 0 Å². The van der Waals surface area contributed by atoms with E-state index in [1.54, 1.807) is 37.3 Å². The van der Waals surface area contributed by atoms with E-state index in [1.807, 2.05) is 6.92 Å². The van der Waals surface area contributed by atoms with Crippen molar-refractivity contribution in [2.24, 2.45) is 0 Å². The quantitative estimate of drug-likeness (QED) is 0.560. The molecule has 1 heterocycles. The van der Waals surface area contributed by atoms with Gasteiger partial charge in [0, 0.05) is 6.07 Å². The van der Waals surface area contributed by atoms with Crippen LogP contribution in [0.2, 0.25) is 0 Å². The van der Waals surface area contributed by atoms with Crippen LogP contribution in [0.1, 0.15) is 28.7 Å². The molecular weight excluding hydrogens is 396 g/mol. The number of esters is 1. The summed E-state index contributed by atoms with van der Waals surface area (Å²) in [5.41, 5.74) is 0.859. The van der Waals surface area contributed by atoms with Gasteiger partial charge in [-0.2, -0.15) is 0 Å². The molecule has 3 aromatic rings. The molecule has 0 aliphatic carbocycles. The number of anilines is 1. The average Bonchev–Trinajstić information content (AvgIpc) is 3.12. The van der Waals surface area contributed by atoms with Crippen molar-refractivity contribution in [3.8, 4) is 5.75 Å². The van der Waals surface area contributed by atoms with Gasteiger partial charge in [0.2, 0.25) is 0 Å². The summed E-state index contributed by atoms with van der Waals surface area (Å²) in [6, 6.07) is 13.8. The molecule has 0 aliphatic rings. The molecule has 0 amide bonds. The third-order valence-corrected chi connectivity index (χ3v) is 5.24. The molecule has 0 saturated heterocycles. The standard InChI is InChI=1S/C20H20N2O6S/c1-3-26-15-8-10-17(11-9-15)29(24,25)22-19-7-5-4-6-18(19)20(23)27-13-16-12-14(2)21-28-16/h4-12,22H,3,13H2,1-2H3. The first kappa shape index (κ1) is 20.4. The largest absolute Gasteiger partial charge is 0.494 e. The van der Waals surface area contributed by atoms with E-state index >= 15 is 0 Å². The van der Waals surface area contributed by atoms with Gasteiger partial charge in [0.05, 0.1) is 28.4 Å². The van der Waals surface area contributed by atoms with Crippen molar-refractivity contribution < 1.29 is 27.2 Å². The maximum Gasteiger partial charge on any atom is 0.340 e. The SMILES string of the molecule is CCOc1ccc(S(=O)(=O)Nc2ccccc2C(=O)OCc2cc(C)no2)cc1. The predicted octanol–water partition coefficient (Wildman–Crippen LogP) is 3.54. The molecule has 0 bridgehead atoms. The van der Waals surface area contributed by atoms with Gasteiger partial charge in [0.1, 0.15) is 5.75 Å². The lowest BCUT2D eigenvalue weighted by Gasteiger charge is -2.12. The highest BCUT2D eigenvalue weighted by Gasteiger charge is 2.20. The minimum Gasteiger partial charge on any atom is -0.494 e. The minimum atomic E-state index is -3.91. The number of benzene rings is 2. The first-order chi connectivity index (χ1) is 13.9. The molecule has 9 heteroatoms. The van der Waals surface area contributed by atoms with E-state index in [0.29, 0.717) is 23.8 Å². The molecule has 0 atom stereocenters. The molecule has 0 radical (unpaired) electrons. The molecular formula is C20H20N2O6S. The molecule has 0 saturated carbocycles. The summed E-state index contributed by atoms with van der Waals surface area (Å²) in [6.45, 7) is 3.96. The van der Waals surface area contributed by atoms with Crippen LogP contribution in [0.5, 0.6) is 5.75 Å². The lowest BCUT2D eigenvalue weighted by atomic mass is 10.2. The Kier molecular flexibility index (Phi) is 6.18. The van der Waals surface area contributed by atoms with E-state index in [4.69, 9.17) is 14.0 Å². The monoisotopic (exact) mass is 416 g/mol. The first-order valence-electron chi connectivity index (χ1n) is 8.83. The van der Waals surface area contributed by atoms with Crippen LogP contribution in [0.25, 0.3) is 0 Å². The Bertz CT molecular complexity index is 1090. The summed E-state index contributed by atoms with van der Waals surface area (Å²) < 4.78 is 43.4. The van der Waals surface area contributed by atoms with Crippen LogP contribution in [-0.2, 0) is 21.4 Å². The van der Waals surface area contributed by atoms with Crippen molar-refractivity contribution in [2.75, 3.05) is 11.3 Å². The fourth-order valence-corrected chi connectivity index (χ4v) is 3.61. The second-order valence-electron chi connectivity index (χ2n) is 6.07. The lowest BCUT2D eigenvalue weighted by molar-refractivity contribution is 0.0438. The van der Waals surface area contributed by atoms with Gasteiger partial charge in [0.15, 0.2) is 12.4 Å². The van der Waals surface area contributed by atoms with Crippen molar-refractivity contribution in [3.05, 3.63) is 71.6 Å². The number of hydrogen-bond acceptors (Lipinski definition) is 7. The summed E-state index contributed by atoms with van der Waals surface area (Å²) >= 11 is 0. The summed E-state index contributed by atoms with van der Waals surface area (Å²) in [7, 11) is -3.91. The van der Waals surface area contributed by atoms with Crippen LogP contribution in [0.4, 0.5) is 5.69 Å². The third kappa shape index (κ3) is 5.14. The lowest BCUT2D eigenvalue weighted by Crippen LogP contribution is -2.16. The van der Waals surface area contributed by atoms with E-state index < -0.39 is 16.0 Å². The fourth-order valence-electron chi connectivity index (χ4n) is 2.53. The van der Waals surface area contributed by atoms with Gasteiger partial charge in [0.25, 0.3) is 10.0 Å². The highest BCUT2D eigenvalue weighted by molar-refractivity contribution is 7.92. The topological polar surface area (TPSA) is 108 Å². The number of para-hydroxylation sites is 1. The Hall–Kier alpha value is -3.33. The van der Waals surface area contributed by atoms with Crippen molar-refractivity contribution in [2.45, 2.75) is 25.3 Å². The number of ether oxygens (including phenoxy) is 2. The minimum absolute atomic E-state index is 0.0428. The predicted molar refractivity (Wildman–Crippen MR) is 105 cm³/mol. The molecule has 0 spiro atoms. The van der Waals surface area contributed by atoms with Crippen LogP contribution in [0.15, 0.2) is 64.0 Å². The maximum absolute atomic E-state index is 12.7. The molecule has 29 heavy (non-hydrogen) atoms.